The highest BCUT2D eigenvalue weighted by atomic mass is 35.5. The number of hydrogen-bond donors (Lipinski definition) is 2. The summed E-state index contributed by atoms with van der Waals surface area (Å²) in [5, 5.41) is 27.0. The number of aliphatic hydroxyl groups is 1. The van der Waals surface area contributed by atoms with Gasteiger partial charge in [0.05, 0.1) is 23.9 Å². The van der Waals surface area contributed by atoms with E-state index >= 15 is 0 Å². The molecule has 1 aromatic rings. The van der Waals surface area contributed by atoms with Gasteiger partial charge >= 0.3 is 5.82 Å². The number of nitrogens with zero attached hydrogens (tertiary/aromatic N) is 3. The summed E-state index contributed by atoms with van der Waals surface area (Å²) in [6, 6.07) is 0.514. The molecule has 7 nitrogen and oxygen atoms in total. The smallest absolute Gasteiger partial charge is 0.390 e. The van der Waals surface area contributed by atoms with Gasteiger partial charge in [0.15, 0.2) is 5.02 Å². The lowest BCUT2D eigenvalue weighted by Crippen LogP contribution is -2.31. The Morgan fingerprint density at radius 3 is 3.00 bits per heavy atom. The van der Waals surface area contributed by atoms with Crippen LogP contribution in [0.3, 0.4) is 0 Å². The Hall–Kier alpha value is -1.18. The Kier molecular flexibility index (Phi) is 3.60. The number of nitrogens with one attached hydrogen (secondary N) is 1. The van der Waals surface area contributed by atoms with Gasteiger partial charge in [0, 0.05) is 12.6 Å². The average molecular weight is 261 g/mol. The minimum Gasteiger partial charge on any atom is -0.390 e. The summed E-state index contributed by atoms with van der Waals surface area (Å²) in [6.45, 7) is 0.642. The molecule has 2 rings (SSSR count). The summed E-state index contributed by atoms with van der Waals surface area (Å²) in [5.74, 6) is -0.381. The van der Waals surface area contributed by atoms with Crippen molar-refractivity contribution in [2.75, 3.05) is 6.54 Å². The molecule has 0 bridgehead atoms. The first-order valence-corrected chi connectivity index (χ1v) is 5.73. The van der Waals surface area contributed by atoms with Crippen molar-refractivity contribution >= 4 is 17.4 Å². The van der Waals surface area contributed by atoms with Crippen molar-refractivity contribution in [1.29, 1.82) is 0 Å². The van der Waals surface area contributed by atoms with Crippen molar-refractivity contribution in [2.24, 2.45) is 0 Å². The molecule has 0 amide bonds. The Bertz CT molecular complexity index is 418. The Balaban J connectivity index is 1.88. The average Bonchev–Trinajstić information content (AvgIpc) is 3.00. The lowest BCUT2D eigenvalue weighted by Gasteiger charge is -2.09. The van der Waals surface area contributed by atoms with Gasteiger partial charge in [-0.2, -0.15) is 4.68 Å². The second-order valence-electron chi connectivity index (χ2n) is 4.12. The highest BCUT2D eigenvalue weighted by Crippen LogP contribution is 2.21. The number of nitro groups is 1. The van der Waals surface area contributed by atoms with Gasteiger partial charge in [-0.25, -0.2) is 0 Å². The van der Waals surface area contributed by atoms with Crippen molar-refractivity contribution in [1.82, 2.24) is 15.1 Å². The second-order valence-corrected chi connectivity index (χ2v) is 4.52. The van der Waals surface area contributed by atoms with E-state index < -0.39 is 11.0 Å². The van der Waals surface area contributed by atoms with Crippen molar-refractivity contribution in [3.63, 3.8) is 0 Å². The summed E-state index contributed by atoms with van der Waals surface area (Å²) in [7, 11) is 0. The van der Waals surface area contributed by atoms with E-state index in [0.717, 1.165) is 12.8 Å². The molecule has 17 heavy (non-hydrogen) atoms. The highest BCUT2D eigenvalue weighted by molar-refractivity contribution is 6.32. The maximum Gasteiger partial charge on any atom is 0.408 e. The zero-order chi connectivity index (χ0) is 12.4. The minimum absolute atomic E-state index is 0.0163. The van der Waals surface area contributed by atoms with E-state index in [1.165, 1.54) is 10.9 Å². The van der Waals surface area contributed by atoms with Crippen molar-refractivity contribution in [2.45, 2.75) is 31.5 Å². The molecule has 1 aromatic heterocycles. The molecular formula is C9H13ClN4O3. The third-order valence-corrected chi connectivity index (χ3v) is 2.76. The van der Waals surface area contributed by atoms with Gasteiger partial charge < -0.3 is 20.5 Å². The zero-order valence-corrected chi connectivity index (χ0v) is 9.80. The molecule has 8 heteroatoms. The van der Waals surface area contributed by atoms with Crippen molar-refractivity contribution in [3.05, 3.63) is 21.3 Å². The fourth-order valence-corrected chi connectivity index (χ4v) is 1.69. The van der Waals surface area contributed by atoms with Gasteiger partial charge in [0.25, 0.3) is 0 Å². The van der Waals surface area contributed by atoms with E-state index in [1.807, 2.05) is 0 Å². The Morgan fingerprint density at radius 2 is 2.47 bits per heavy atom. The number of aromatic nitrogens is 2. The number of hydrogen-bond acceptors (Lipinski definition) is 5. The standard InChI is InChI=1S/C9H13ClN4O3/c10-8-5-13(12-9(8)14(16)17)4-7(15)3-11-6-1-2-6/h5-7,11,15H,1-4H2. The molecule has 2 N–H and O–H groups in total. The number of halogens is 1. The van der Waals surface area contributed by atoms with Gasteiger partial charge in [0.1, 0.15) is 0 Å². The van der Waals surface area contributed by atoms with Crippen molar-refractivity contribution in [3.8, 4) is 0 Å². The van der Waals surface area contributed by atoms with Crippen LogP contribution in [0.1, 0.15) is 12.8 Å². The van der Waals surface area contributed by atoms with Crippen LogP contribution in [0.4, 0.5) is 5.82 Å². The maximum atomic E-state index is 10.5. The molecule has 1 aliphatic carbocycles. The molecule has 0 aromatic carbocycles. The summed E-state index contributed by atoms with van der Waals surface area (Å²) >= 11 is 5.64. The van der Waals surface area contributed by atoms with E-state index in [4.69, 9.17) is 11.6 Å². The van der Waals surface area contributed by atoms with E-state index in [0.29, 0.717) is 12.6 Å². The molecule has 0 spiro atoms. The first kappa shape index (κ1) is 12.3. The molecule has 1 aliphatic rings. The lowest BCUT2D eigenvalue weighted by atomic mass is 10.3. The van der Waals surface area contributed by atoms with Crippen LogP contribution in [0.2, 0.25) is 5.02 Å². The molecule has 1 heterocycles. The molecule has 94 valence electrons. The Labute approximate surface area is 103 Å². The summed E-state index contributed by atoms with van der Waals surface area (Å²) in [5.41, 5.74) is 0. The van der Waals surface area contributed by atoms with E-state index in [1.54, 1.807) is 0 Å². The minimum atomic E-state index is -0.645. The van der Waals surface area contributed by atoms with Crippen LogP contribution in [-0.4, -0.2) is 38.5 Å². The molecule has 0 radical (unpaired) electrons. The lowest BCUT2D eigenvalue weighted by molar-refractivity contribution is -0.389. The fraction of sp³-hybridized carbons (Fsp3) is 0.667. The molecule has 1 unspecified atom stereocenters. The third-order valence-electron chi connectivity index (χ3n) is 2.49. The fourth-order valence-electron chi connectivity index (χ4n) is 1.47. The molecule has 0 saturated heterocycles. The van der Waals surface area contributed by atoms with Crippen LogP contribution in [-0.2, 0) is 6.54 Å². The highest BCUT2D eigenvalue weighted by Gasteiger charge is 2.23. The van der Waals surface area contributed by atoms with Crippen LogP contribution < -0.4 is 5.32 Å². The third kappa shape index (κ3) is 3.39. The van der Waals surface area contributed by atoms with E-state index in [-0.39, 0.29) is 17.4 Å². The first-order valence-electron chi connectivity index (χ1n) is 5.35. The van der Waals surface area contributed by atoms with Crippen LogP contribution in [0.5, 0.6) is 0 Å². The molecule has 1 saturated carbocycles. The maximum absolute atomic E-state index is 10.5. The van der Waals surface area contributed by atoms with Gasteiger partial charge in [-0.1, -0.05) is 11.6 Å². The molecule has 1 fully saturated rings. The SMILES string of the molecule is O=[N+]([O-])c1nn(CC(O)CNC2CC2)cc1Cl. The summed E-state index contributed by atoms with van der Waals surface area (Å²) in [4.78, 5) is 9.87. The first-order chi connectivity index (χ1) is 8.06. The predicted molar refractivity (Wildman–Crippen MR) is 60.9 cm³/mol. The number of aliphatic hydroxyl groups excluding tert-OH is 1. The summed E-state index contributed by atoms with van der Waals surface area (Å²) < 4.78 is 1.29. The monoisotopic (exact) mass is 260 g/mol. The van der Waals surface area contributed by atoms with E-state index in [2.05, 4.69) is 10.4 Å². The number of rotatable bonds is 6. The van der Waals surface area contributed by atoms with E-state index in [9.17, 15) is 15.2 Å². The van der Waals surface area contributed by atoms with Gasteiger partial charge in [-0.3, -0.25) is 0 Å². The normalized spacial score (nSPS) is 17.1. The van der Waals surface area contributed by atoms with Crippen molar-refractivity contribution < 1.29 is 10.0 Å². The Morgan fingerprint density at radius 1 is 1.76 bits per heavy atom. The second kappa shape index (κ2) is 4.99. The molecule has 1 atom stereocenters. The zero-order valence-electron chi connectivity index (χ0n) is 9.04. The van der Waals surface area contributed by atoms with Crippen LogP contribution in [0, 0.1) is 10.1 Å². The van der Waals surface area contributed by atoms with Gasteiger partial charge in [-0.15, -0.1) is 0 Å². The predicted octanol–water partition coefficient (Wildman–Crippen LogP) is 0.558. The summed E-state index contributed by atoms with van der Waals surface area (Å²) in [6.07, 6.45) is 3.00. The van der Waals surface area contributed by atoms with Crippen LogP contribution >= 0.6 is 11.6 Å². The quantitative estimate of drug-likeness (QED) is 0.576. The van der Waals surface area contributed by atoms with Crippen LogP contribution in [0.25, 0.3) is 0 Å². The molecule has 0 aliphatic heterocycles. The largest absolute Gasteiger partial charge is 0.408 e. The molecular weight excluding hydrogens is 248 g/mol. The van der Waals surface area contributed by atoms with Gasteiger partial charge in [0.2, 0.25) is 0 Å². The van der Waals surface area contributed by atoms with Gasteiger partial charge in [-0.05, 0) is 17.8 Å². The van der Waals surface area contributed by atoms with Crippen LogP contribution in [0.15, 0.2) is 6.20 Å². The topological polar surface area (TPSA) is 93.2 Å².